The van der Waals surface area contributed by atoms with Gasteiger partial charge in [0.05, 0.1) is 6.61 Å². The van der Waals surface area contributed by atoms with Crippen LogP contribution in [0.4, 0.5) is 5.95 Å². The van der Waals surface area contributed by atoms with Gasteiger partial charge in [0.2, 0.25) is 5.95 Å². The van der Waals surface area contributed by atoms with Gasteiger partial charge < -0.3 is 15.0 Å². The maximum atomic E-state index is 5.26. The van der Waals surface area contributed by atoms with E-state index in [4.69, 9.17) is 4.74 Å². The van der Waals surface area contributed by atoms with Gasteiger partial charge >= 0.3 is 0 Å². The lowest BCUT2D eigenvalue weighted by Crippen LogP contribution is -2.38. The maximum absolute atomic E-state index is 5.26. The van der Waals surface area contributed by atoms with Gasteiger partial charge in [-0.1, -0.05) is 13.8 Å². The number of anilines is 1. The summed E-state index contributed by atoms with van der Waals surface area (Å²) >= 11 is 0. The molecule has 0 saturated carbocycles. The molecule has 0 aliphatic carbocycles. The molecule has 112 valence electrons. The molecule has 1 fully saturated rings. The summed E-state index contributed by atoms with van der Waals surface area (Å²) in [6, 6.07) is 0.478. The lowest BCUT2D eigenvalue weighted by atomic mass is 9.99. The van der Waals surface area contributed by atoms with Crippen LogP contribution in [0.5, 0.6) is 0 Å². The molecule has 1 aromatic rings. The van der Waals surface area contributed by atoms with Crippen molar-refractivity contribution < 1.29 is 4.74 Å². The van der Waals surface area contributed by atoms with Crippen molar-refractivity contribution >= 4 is 5.95 Å². The first-order chi connectivity index (χ1) is 9.69. The molecule has 1 aliphatic rings. The largest absolute Gasteiger partial charge is 0.384 e. The van der Waals surface area contributed by atoms with Crippen LogP contribution in [0, 0.1) is 5.92 Å². The van der Waals surface area contributed by atoms with Crippen LogP contribution in [-0.2, 0) is 11.3 Å². The van der Waals surface area contributed by atoms with Crippen molar-refractivity contribution in [2.24, 2.45) is 5.92 Å². The van der Waals surface area contributed by atoms with Crippen LogP contribution in [0.3, 0.4) is 0 Å². The van der Waals surface area contributed by atoms with Crippen LogP contribution in [0.15, 0.2) is 12.4 Å². The van der Waals surface area contributed by atoms with E-state index >= 15 is 0 Å². The van der Waals surface area contributed by atoms with E-state index < -0.39 is 0 Å². The maximum Gasteiger partial charge on any atom is 0.225 e. The van der Waals surface area contributed by atoms with Gasteiger partial charge in [0.25, 0.3) is 0 Å². The Bertz CT molecular complexity index is 391. The molecular formula is C15H26N4O. The number of ether oxygens (including phenoxy) is 1. The molecule has 2 rings (SSSR count). The number of nitrogens with one attached hydrogen (secondary N) is 1. The first kappa shape index (κ1) is 15.2. The van der Waals surface area contributed by atoms with E-state index in [1.165, 1.54) is 12.8 Å². The standard InChI is InChI=1S/C15H26N4O/c1-12(2)16-7-14-8-17-15(18-9-14)19-6-4-5-13(10-19)11-20-3/h8-9,12-13,16H,4-7,10-11H2,1-3H3. The summed E-state index contributed by atoms with van der Waals surface area (Å²) in [6.07, 6.45) is 6.28. The van der Waals surface area contributed by atoms with Crippen molar-refractivity contribution in [3.8, 4) is 0 Å². The highest BCUT2D eigenvalue weighted by atomic mass is 16.5. The molecule has 0 bridgehead atoms. The van der Waals surface area contributed by atoms with Gasteiger partial charge in [0, 0.05) is 50.7 Å². The van der Waals surface area contributed by atoms with Crippen molar-refractivity contribution in [1.29, 1.82) is 0 Å². The predicted molar refractivity (Wildman–Crippen MR) is 80.8 cm³/mol. The Morgan fingerprint density at radius 3 is 2.80 bits per heavy atom. The summed E-state index contributed by atoms with van der Waals surface area (Å²) in [5, 5.41) is 3.37. The molecule has 0 amide bonds. The topological polar surface area (TPSA) is 50.3 Å². The molecule has 0 radical (unpaired) electrons. The Hall–Kier alpha value is -1.20. The van der Waals surface area contributed by atoms with Crippen LogP contribution in [0.2, 0.25) is 0 Å². The molecule has 0 spiro atoms. The quantitative estimate of drug-likeness (QED) is 0.860. The minimum absolute atomic E-state index is 0.478. The summed E-state index contributed by atoms with van der Waals surface area (Å²) in [5.41, 5.74) is 1.13. The summed E-state index contributed by atoms with van der Waals surface area (Å²) in [4.78, 5) is 11.3. The molecule has 1 N–H and O–H groups in total. The Labute approximate surface area is 121 Å². The Morgan fingerprint density at radius 2 is 2.15 bits per heavy atom. The number of methoxy groups -OCH3 is 1. The van der Waals surface area contributed by atoms with E-state index in [1.807, 2.05) is 12.4 Å². The molecule has 2 heterocycles. The third-order valence-electron chi connectivity index (χ3n) is 3.61. The number of rotatable bonds is 6. The van der Waals surface area contributed by atoms with Gasteiger partial charge in [-0.2, -0.15) is 0 Å². The average molecular weight is 278 g/mol. The summed E-state index contributed by atoms with van der Waals surface area (Å²) in [5.74, 6) is 1.44. The lowest BCUT2D eigenvalue weighted by Gasteiger charge is -2.32. The minimum Gasteiger partial charge on any atom is -0.384 e. The first-order valence-electron chi connectivity index (χ1n) is 7.47. The zero-order chi connectivity index (χ0) is 14.4. The third kappa shape index (κ3) is 4.42. The van der Waals surface area contributed by atoms with Crippen LogP contribution < -0.4 is 10.2 Å². The summed E-state index contributed by atoms with van der Waals surface area (Å²) in [7, 11) is 1.77. The van der Waals surface area contributed by atoms with Gasteiger partial charge in [0.1, 0.15) is 0 Å². The molecule has 1 saturated heterocycles. The summed E-state index contributed by atoms with van der Waals surface area (Å²) < 4.78 is 5.26. The fraction of sp³-hybridized carbons (Fsp3) is 0.733. The number of hydrogen-bond donors (Lipinski definition) is 1. The molecule has 1 atom stereocenters. The fourth-order valence-corrected chi connectivity index (χ4v) is 2.54. The Balaban J connectivity index is 1.91. The molecule has 1 unspecified atom stereocenters. The van der Waals surface area contributed by atoms with Crippen molar-refractivity contribution in [1.82, 2.24) is 15.3 Å². The highest BCUT2D eigenvalue weighted by molar-refractivity contribution is 5.30. The predicted octanol–water partition coefficient (Wildman–Crippen LogP) is 1.84. The third-order valence-corrected chi connectivity index (χ3v) is 3.61. The van der Waals surface area contributed by atoms with Gasteiger partial charge in [-0.15, -0.1) is 0 Å². The minimum atomic E-state index is 0.478. The molecule has 20 heavy (non-hydrogen) atoms. The second-order valence-corrected chi connectivity index (χ2v) is 5.84. The zero-order valence-electron chi connectivity index (χ0n) is 12.8. The second kappa shape index (κ2) is 7.55. The smallest absolute Gasteiger partial charge is 0.225 e. The SMILES string of the molecule is COCC1CCCN(c2ncc(CNC(C)C)cn2)C1. The van der Waals surface area contributed by atoms with Crippen molar-refractivity contribution in [3.05, 3.63) is 18.0 Å². The number of piperidine rings is 1. The van der Waals surface area contributed by atoms with Gasteiger partial charge in [-0.25, -0.2) is 9.97 Å². The van der Waals surface area contributed by atoms with Crippen LogP contribution in [-0.4, -0.2) is 42.8 Å². The average Bonchev–Trinajstić information content (AvgIpc) is 2.46. The molecule has 1 aromatic heterocycles. The van der Waals surface area contributed by atoms with E-state index in [2.05, 4.69) is 34.0 Å². The van der Waals surface area contributed by atoms with E-state index in [9.17, 15) is 0 Å². The van der Waals surface area contributed by atoms with Crippen molar-refractivity contribution in [2.75, 3.05) is 31.7 Å². The number of hydrogen-bond acceptors (Lipinski definition) is 5. The lowest BCUT2D eigenvalue weighted by molar-refractivity contribution is 0.143. The van der Waals surface area contributed by atoms with E-state index in [0.717, 1.165) is 37.8 Å². The van der Waals surface area contributed by atoms with Crippen LogP contribution in [0.25, 0.3) is 0 Å². The highest BCUT2D eigenvalue weighted by Gasteiger charge is 2.21. The first-order valence-corrected chi connectivity index (χ1v) is 7.47. The van der Waals surface area contributed by atoms with Gasteiger partial charge in [-0.05, 0) is 18.8 Å². The highest BCUT2D eigenvalue weighted by Crippen LogP contribution is 2.20. The van der Waals surface area contributed by atoms with E-state index in [-0.39, 0.29) is 0 Å². The normalized spacial score (nSPS) is 19.6. The Kier molecular flexibility index (Phi) is 5.73. The van der Waals surface area contributed by atoms with Crippen LogP contribution >= 0.6 is 0 Å². The molecular weight excluding hydrogens is 252 g/mol. The fourth-order valence-electron chi connectivity index (χ4n) is 2.54. The van der Waals surface area contributed by atoms with Crippen LogP contribution in [0.1, 0.15) is 32.3 Å². The van der Waals surface area contributed by atoms with Crippen molar-refractivity contribution in [2.45, 2.75) is 39.3 Å². The van der Waals surface area contributed by atoms with E-state index in [1.54, 1.807) is 7.11 Å². The number of nitrogens with zero attached hydrogens (tertiary/aromatic N) is 3. The molecule has 5 nitrogen and oxygen atoms in total. The zero-order valence-corrected chi connectivity index (χ0v) is 12.8. The second-order valence-electron chi connectivity index (χ2n) is 5.84. The monoisotopic (exact) mass is 278 g/mol. The van der Waals surface area contributed by atoms with Gasteiger partial charge in [0.15, 0.2) is 0 Å². The van der Waals surface area contributed by atoms with E-state index in [0.29, 0.717) is 12.0 Å². The van der Waals surface area contributed by atoms with Gasteiger partial charge in [-0.3, -0.25) is 0 Å². The summed E-state index contributed by atoms with van der Waals surface area (Å²) in [6.45, 7) is 7.97. The number of aromatic nitrogens is 2. The molecule has 0 aromatic carbocycles. The van der Waals surface area contributed by atoms with Crippen molar-refractivity contribution in [3.63, 3.8) is 0 Å². The Morgan fingerprint density at radius 1 is 1.40 bits per heavy atom. The molecule has 5 heteroatoms. The molecule has 1 aliphatic heterocycles.